The maximum absolute atomic E-state index is 5.73. The van der Waals surface area contributed by atoms with Crippen molar-refractivity contribution < 1.29 is 9.47 Å². The summed E-state index contributed by atoms with van der Waals surface area (Å²) in [6.07, 6.45) is 3.37. The molecule has 6 nitrogen and oxygen atoms in total. The maximum atomic E-state index is 5.73. The number of nitrogens with zero attached hydrogens (tertiary/aromatic N) is 4. The monoisotopic (exact) mass is 320 g/mol. The van der Waals surface area contributed by atoms with Crippen molar-refractivity contribution in [2.75, 3.05) is 19.0 Å². The zero-order valence-corrected chi connectivity index (χ0v) is 13.5. The number of ether oxygens (including phenoxy) is 2. The van der Waals surface area contributed by atoms with Gasteiger partial charge in [-0.25, -0.2) is 4.68 Å². The zero-order valence-electron chi connectivity index (χ0n) is 12.6. The molecule has 1 aromatic heterocycles. The molecule has 1 fully saturated rings. The highest BCUT2D eigenvalue weighted by Crippen LogP contribution is 2.36. The Bertz CT molecular complexity index is 583. The van der Waals surface area contributed by atoms with Crippen molar-refractivity contribution in [1.82, 2.24) is 20.2 Å². The largest absolute Gasteiger partial charge is 0.494 e. The molecule has 7 heteroatoms. The molecule has 0 N–H and O–H groups in total. The zero-order chi connectivity index (χ0) is 15.2. The van der Waals surface area contributed by atoms with Crippen molar-refractivity contribution in [3.8, 4) is 11.5 Å². The molecule has 22 heavy (non-hydrogen) atoms. The van der Waals surface area contributed by atoms with Crippen LogP contribution in [0, 0.1) is 0 Å². The van der Waals surface area contributed by atoms with Gasteiger partial charge in [0.05, 0.1) is 19.3 Å². The van der Waals surface area contributed by atoms with Gasteiger partial charge in [0.25, 0.3) is 0 Å². The Balaban J connectivity index is 1.40. The van der Waals surface area contributed by atoms with Crippen LogP contribution in [-0.2, 0) is 0 Å². The summed E-state index contributed by atoms with van der Waals surface area (Å²) in [5, 5.41) is 12.7. The number of benzene rings is 1. The van der Waals surface area contributed by atoms with E-state index in [0.29, 0.717) is 12.6 Å². The second-order valence-electron chi connectivity index (χ2n) is 5.15. The molecule has 0 spiro atoms. The number of tetrazole rings is 1. The van der Waals surface area contributed by atoms with E-state index in [2.05, 4.69) is 22.4 Å². The first-order chi connectivity index (χ1) is 10.9. The third-order valence-electron chi connectivity index (χ3n) is 3.24. The lowest BCUT2D eigenvalue weighted by atomic mass is 10.3. The van der Waals surface area contributed by atoms with E-state index in [1.807, 2.05) is 28.9 Å². The van der Waals surface area contributed by atoms with E-state index in [0.717, 1.165) is 35.4 Å². The fourth-order valence-electron chi connectivity index (χ4n) is 1.97. The molecule has 0 amide bonds. The predicted octanol–water partition coefficient (Wildman–Crippen LogP) is 2.97. The van der Waals surface area contributed by atoms with Gasteiger partial charge in [-0.2, -0.15) is 0 Å². The molecule has 0 atom stereocenters. The number of aromatic nitrogens is 4. The third kappa shape index (κ3) is 4.13. The van der Waals surface area contributed by atoms with Crippen LogP contribution < -0.4 is 9.47 Å². The summed E-state index contributed by atoms with van der Waals surface area (Å²) in [7, 11) is 0. The van der Waals surface area contributed by atoms with Crippen molar-refractivity contribution >= 4 is 11.8 Å². The number of thioether (sulfide) groups is 1. The quantitative estimate of drug-likeness (QED) is 0.523. The SMILES string of the molecule is CCCOc1ccc(OCCSc2nnnn2C2CC2)cc1. The van der Waals surface area contributed by atoms with Crippen LogP contribution in [0.5, 0.6) is 11.5 Å². The van der Waals surface area contributed by atoms with Crippen LogP contribution in [0.4, 0.5) is 0 Å². The lowest BCUT2D eigenvalue weighted by Crippen LogP contribution is -2.03. The average molecular weight is 320 g/mol. The molecule has 1 aliphatic carbocycles. The Morgan fingerprint density at radius 3 is 2.45 bits per heavy atom. The van der Waals surface area contributed by atoms with E-state index in [1.165, 1.54) is 12.8 Å². The second kappa shape index (κ2) is 7.49. The minimum absolute atomic E-state index is 0.508. The number of rotatable bonds is 9. The summed E-state index contributed by atoms with van der Waals surface area (Å²) < 4.78 is 13.2. The Kier molecular flexibility index (Phi) is 5.15. The first-order valence-electron chi connectivity index (χ1n) is 7.63. The Morgan fingerprint density at radius 1 is 1.14 bits per heavy atom. The molecule has 1 aromatic carbocycles. The van der Waals surface area contributed by atoms with Gasteiger partial charge < -0.3 is 9.47 Å². The van der Waals surface area contributed by atoms with Crippen LogP contribution in [-0.4, -0.2) is 39.2 Å². The van der Waals surface area contributed by atoms with Crippen LogP contribution in [0.2, 0.25) is 0 Å². The molecule has 1 heterocycles. The smallest absolute Gasteiger partial charge is 0.209 e. The van der Waals surface area contributed by atoms with Crippen molar-refractivity contribution in [2.24, 2.45) is 0 Å². The fraction of sp³-hybridized carbons (Fsp3) is 0.533. The van der Waals surface area contributed by atoms with E-state index < -0.39 is 0 Å². The second-order valence-corrected chi connectivity index (χ2v) is 6.22. The van der Waals surface area contributed by atoms with Crippen molar-refractivity contribution in [3.05, 3.63) is 24.3 Å². The molecular formula is C15H20N4O2S. The van der Waals surface area contributed by atoms with Gasteiger partial charge in [-0.1, -0.05) is 18.7 Å². The normalized spacial score (nSPS) is 14.0. The number of hydrogen-bond donors (Lipinski definition) is 0. The lowest BCUT2D eigenvalue weighted by Gasteiger charge is -2.08. The topological polar surface area (TPSA) is 62.1 Å². The van der Waals surface area contributed by atoms with Crippen LogP contribution >= 0.6 is 11.8 Å². The Hall–Kier alpha value is -1.76. The lowest BCUT2D eigenvalue weighted by molar-refractivity contribution is 0.314. The van der Waals surface area contributed by atoms with E-state index >= 15 is 0 Å². The van der Waals surface area contributed by atoms with Crippen LogP contribution in [0.15, 0.2) is 29.4 Å². The summed E-state index contributed by atoms with van der Waals surface area (Å²) in [5.74, 6) is 2.56. The van der Waals surface area contributed by atoms with Gasteiger partial charge in [0.2, 0.25) is 5.16 Å². The minimum atomic E-state index is 0.508. The maximum Gasteiger partial charge on any atom is 0.209 e. The first kappa shape index (κ1) is 15.1. The molecule has 0 saturated heterocycles. The van der Waals surface area contributed by atoms with Crippen LogP contribution in [0.25, 0.3) is 0 Å². The van der Waals surface area contributed by atoms with Crippen molar-refractivity contribution in [2.45, 2.75) is 37.4 Å². The third-order valence-corrected chi connectivity index (χ3v) is 4.13. The van der Waals surface area contributed by atoms with E-state index in [-0.39, 0.29) is 0 Å². The summed E-state index contributed by atoms with van der Waals surface area (Å²) in [6.45, 7) is 3.46. The van der Waals surface area contributed by atoms with Gasteiger partial charge in [0.15, 0.2) is 0 Å². The summed E-state index contributed by atoms with van der Waals surface area (Å²) in [5.41, 5.74) is 0. The summed E-state index contributed by atoms with van der Waals surface area (Å²) in [6, 6.07) is 8.25. The molecule has 1 aliphatic rings. The predicted molar refractivity (Wildman–Crippen MR) is 84.5 cm³/mol. The van der Waals surface area contributed by atoms with Crippen LogP contribution in [0.3, 0.4) is 0 Å². The van der Waals surface area contributed by atoms with Crippen molar-refractivity contribution in [3.63, 3.8) is 0 Å². The molecule has 118 valence electrons. The summed E-state index contributed by atoms with van der Waals surface area (Å²) in [4.78, 5) is 0. The van der Waals surface area contributed by atoms with Gasteiger partial charge in [0.1, 0.15) is 11.5 Å². The Labute approximate surface area is 134 Å². The fourth-order valence-corrected chi connectivity index (χ4v) is 2.73. The van der Waals surface area contributed by atoms with Crippen molar-refractivity contribution in [1.29, 1.82) is 0 Å². The highest BCUT2D eigenvalue weighted by molar-refractivity contribution is 7.99. The molecule has 0 bridgehead atoms. The highest BCUT2D eigenvalue weighted by Gasteiger charge is 2.27. The van der Waals surface area contributed by atoms with Gasteiger partial charge in [-0.05, 0) is 54.0 Å². The van der Waals surface area contributed by atoms with Gasteiger partial charge in [0, 0.05) is 5.75 Å². The highest BCUT2D eigenvalue weighted by atomic mass is 32.2. The van der Waals surface area contributed by atoms with Gasteiger partial charge in [-0.15, -0.1) is 5.10 Å². The average Bonchev–Trinajstić information content (AvgIpc) is 3.29. The molecular weight excluding hydrogens is 300 g/mol. The molecule has 3 rings (SSSR count). The standard InChI is InChI=1S/C15H20N4O2S/c1-2-9-20-13-5-7-14(8-6-13)21-10-11-22-15-16-17-18-19(15)12-3-4-12/h5-8,12H,2-4,9-11H2,1H3. The molecule has 0 radical (unpaired) electrons. The number of hydrogen-bond acceptors (Lipinski definition) is 6. The van der Waals surface area contributed by atoms with Gasteiger partial charge in [-0.3, -0.25) is 0 Å². The van der Waals surface area contributed by atoms with E-state index in [1.54, 1.807) is 11.8 Å². The van der Waals surface area contributed by atoms with E-state index in [4.69, 9.17) is 9.47 Å². The molecule has 1 saturated carbocycles. The minimum Gasteiger partial charge on any atom is -0.494 e. The van der Waals surface area contributed by atoms with Crippen LogP contribution in [0.1, 0.15) is 32.2 Å². The van der Waals surface area contributed by atoms with Gasteiger partial charge >= 0.3 is 0 Å². The molecule has 0 aliphatic heterocycles. The summed E-state index contributed by atoms with van der Waals surface area (Å²) >= 11 is 1.63. The Morgan fingerprint density at radius 2 is 1.82 bits per heavy atom. The molecule has 2 aromatic rings. The first-order valence-corrected chi connectivity index (χ1v) is 8.61. The van der Waals surface area contributed by atoms with E-state index in [9.17, 15) is 0 Å². The molecule has 0 unspecified atom stereocenters.